The summed E-state index contributed by atoms with van der Waals surface area (Å²) in [7, 11) is -0.761. The Labute approximate surface area is 129 Å². The maximum atomic E-state index is 12.2. The van der Waals surface area contributed by atoms with Crippen LogP contribution in [0.5, 0.6) is 0 Å². The molecule has 0 unspecified atom stereocenters. The molecule has 0 N–H and O–H groups in total. The fourth-order valence-corrected chi connectivity index (χ4v) is 5.58. The lowest BCUT2D eigenvalue weighted by Crippen LogP contribution is -2.52. The van der Waals surface area contributed by atoms with Gasteiger partial charge in [0.25, 0.3) is 0 Å². The van der Waals surface area contributed by atoms with Crippen LogP contribution in [0.3, 0.4) is 0 Å². The fraction of sp³-hybridized carbons (Fsp3) is 1.00. The van der Waals surface area contributed by atoms with E-state index in [9.17, 15) is 8.42 Å². The van der Waals surface area contributed by atoms with Crippen molar-refractivity contribution in [3.8, 4) is 0 Å². The highest BCUT2D eigenvalue weighted by Gasteiger charge is 2.41. The summed E-state index contributed by atoms with van der Waals surface area (Å²) in [5, 5.41) is -0.0493. The summed E-state index contributed by atoms with van der Waals surface area (Å²) in [6.07, 6.45) is 3.82. The standard InChI is InChI=1S/C15H29N3O2S/c1-13-11-16(2)9-10-17(13)12-14-5-7-18(8-6-14)21(19,20)15-3-4-15/h13-15H,3-12H2,1-2H3/t13-/m0/s1. The van der Waals surface area contributed by atoms with E-state index >= 15 is 0 Å². The van der Waals surface area contributed by atoms with Crippen LogP contribution >= 0.6 is 0 Å². The summed E-state index contributed by atoms with van der Waals surface area (Å²) in [6.45, 7) is 8.39. The van der Waals surface area contributed by atoms with E-state index in [2.05, 4.69) is 23.8 Å². The van der Waals surface area contributed by atoms with Crippen LogP contribution in [-0.4, -0.2) is 80.1 Å². The van der Waals surface area contributed by atoms with Gasteiger partial charge in [0.1, 0.15) is 0 Å². The number of sulfonamides is 1. The molecular formula is C15H29N3O2S. The van der Waals surface area contributed by atoms with E-state index in [1.807, 2.05) is 0 Å². The number of piperidine rings is 1. The predicted molar refractivity (Wildman–Crippen MR) is 84.8 cm³/mol. The van der Waals surface area contributed by atoms with Gasteiger partial charge in [-0.3, -0.25) is 4.90 Å². The van der Waals surface area contributed by atoms with E-state index in [1.54, 1.807) is 4.31 Å². The second kappa shape index (κ2) is 6.14. The van der Waals surface area contributed by atoms with Gasteiger partial charge < -0.3 is 4.90 Å². The monoisotopic (exact) mass is 315 g/mol. The summed E-state index contributed by atoms with van der Waals surface area (Å²) in [4.78, 5) is 4.99. The SMILES string of the molecule is C[C@H]1CN(C)CCN1CC1CCN(S(=O)(=O)C2CC2)CC1. The van der Waals surface area contributed by atoms with Crippen molar-refractivity contribution in [1.82, 2.24) is 14.1 Å². The van der Waals surface area contributed by atoms with Crippen molar-refractivity contribution in [3.05, 3.63) is 0 Å². The van der Waals surface area contributed by atoms with Gasteiger partial charge in [-0.15, -0.1) is 0 Å². The van der Waals surface area contributed by atoms with E-state index in [-0.39, 0.29) is 5.25 Å². The molecule has 0 aromatic carbocycles. The number of rotatable bonds is 4. The molecule has 6 heteroatoms. The fourth-order valence-electron chi connectivity index (χ4n) is 3.70. The summed E-state index contributed by atoms with van der Waals surface area (Å²) >= 11 is 0. The molecule has 3 fully saturated rings. The van der Waals surface area contributed by atoms with Gasteiger partial charge in [0, 0.05) is 45.3 Å². The van der Waals surface area contributed by atoms with E-state index < -0.39 is 10.0 Å². The Morgan fingerprint density at radius 3 is 2.24 bits per heavy atom. The normalized spacial score (nSPS) is 31.6. The van der Waals surface area contributed by atoms with Crippen LogP contribution in [0.25, 0.3) is 0 Å². The van der Waals surface area contributed by atoms with E-state index in [0.29, 0.717) is 12.0 Å². The van der Waals surface area contributed by atoms with Crippen molar-refractivity contribution in [2.45, 2.75) is 43.9 Å². The van der Waals surface area contributed by atoms with Crippen LogP contribution in [0, 0.1) is 5.92 Å². The quantitative estimate of drug-likeness (QED) is 0.771. The van der Waals surface area contributed by atoms with Crippen LogP contribution in [0.15, 0.2) is 0 Å². The average molecular weight is 315 g/mol. The van der Waals surface area contributed by atoms with Gasteiger partial charge in [-0.25, -0.2) is 12.7 Å². The van der Waals surface area contributed by atoms with Gasteiger partial charge in [-0.1, -0.05) is 0 Å². The van der Waals surface area contributed by atoms with Crippen molar-refractivity contribution < 1.29 is 8.42 Å². The second-order valence-electron chi connectivity index (χ2n) is 7.19. The molecule has 0 bridgehead atoms. The maximum Gasteiger partial charge on any atom is 0.216 e. The molecule has 3 rings (SSSR count). The molecule has 1 aliphatic carbocycles. The Hall–Kier alpha value is -0.170. The van der Waals surface area contributed by atoms with E-state index in [1.165, 1.54) is 0 Å². The van der Waals surface area contributed by atoms with Crippen molar-refractivity contribution >= 4 is 10.0 Å². The molecule has 0 aromatic rings. The Morgan fingerprint density at radius 2 is 1.67 bits per heavy atom. The molecule has 122 valence electrons. The Kier molecular flexibility index (Phi) is 4.60. The van der Waals surface area contributed by atoms with Crippen molar-refractivity contribution in [1.29, 1.82) is 0 Å². The lowest BCUT2D eigenvalue weighted by atomic mass is 9.96. The van der Waals surface area contributed by atoms with Crippen molar-refractivity contribution in [3.63, 3.8) is 0 Å². The summed E-state index contributed by atoms with van der Waals surface area (Å²) in [6, 6.07) is 0.622. The molecule has 0 radical (unpaired) electrons. The van der Waals surface area contributed by atoms with Crippen molar-refractivity contribution in [2.24, 2.45) is 5.92 Å². The maximum absolute atomic E-state index is 12.2. The highest BCUT2D eigenvalue weighted by Crippen LogP contribution is 2.33. The third-order valence-corrected chi connectivity index (χ3v) is 7.74. The molecule has 5 nitrogen and oxygen atoms in total. The smallest absolute Gasteiger partial charge is 0.216 e. The van der Waals surface area contributed by atoms with Crippen molar-refractivity contribution in [2.75, 3.05) is 46.3 Å². The van der Waals surface area contributed by atoms with Crippen LogP contribution in [0.2, 0.25) is 0 Å². The molecule has 0 spiro atoms. The zero-order chi connectivity index (χ0) is 15.0. The highest BCUT2D eigenvalue weighted by atomic mass is 32.2. The topological polar surface area (TPSA) is 43.9 Å². The minimum absolute atomic E-state index is 0.0493. The largest absolute Gasteiger partial charge is 0.304 e. The van der Waals surface area contributed by atoms with Crippen LogP contribution < -0.4 is 0 Å². The molecule has 21 heavy (non-hydrogen) atoms. The Morgan fingerprint density at radius 1 is 1.00 bits per heavy atom. The van der Waals surface area contributed by atoms with E-state index in [4.69, 9.17) is 0 Å². The number of hydrogen-bond donors (Lipinski definition) is 0. The average Bonchev–Trinajstić information content (AvgIpc) is 3.27. The molecule has 0 amide bonds. The summed E-state index contributed by atoms with van der Waals surface area (Å²) in [5.41, 5.74) is 0. The highest BCUT2D eigenvalue weighted by molar-refractivity contribution is 7.90. The van der Waals surface area contributed by atoms with Gasteiger partial charge >= 0.3 is 0 Å². The van der Waals surface area contributed by atoms with Crippen LogP contribution in [0.4, 0.5) is 0 Å². The molecular weight excluding hydrogens is 286 g/mol. The first-order valence-corrected chi connectivity index (χ1v) is 9.88. The lowest BCUT2D eigenvalue weighted by molar-refractivity contribution is 0.0750. The summed E-state index contributed by atoms with van der Waals surface area (Å²) < 4.78 is 26.2. The third kappa shape index (κ3) is 3.60. The van der Waals surface area contributed by atoms with Gasteiger partial charge in [-0.2, -0.15) is 0 Å². The molecule has 1 atom stereocenters. The van der Waals surface area contributed by atoms with Crippen LogP contribution in [0.1, 0.15) is 32.6 Å². The third-order valence-electron chi connectivity index (χ3n) is 5.34. The zero-order valence-electron chi connectivity index (χ0n) is 13.4. The Bertz CT molecular complexity index is 456. The number of piperazine rings is 1. The molecule has 3 aliphatic rings. The van der Waals surface area contributed by atoms with E-state index in [0.717, 1.165) is 65.0 Å². The lowest BCUT2D eigenvalue weighted by Gasteiger charge is -2.41. The molecule has 2 aliphatic heterocycles. The first-order valence-electron chi connectivity index (χ1n) is 8.38. The molecule has 2 heterocycles. The number of hydrogen-bond acceptors (Lipinski definition) is 4. The number of likely N-dealkylation sites (N-methyl/N-ethyl adjacent to an activating group) is 1. The minimum atomic E-state index is -2.95. The first kappa shape index (κ1) is 15.7. The molecule has 0 aromatic heterocycles. The van der Waals surface area contributed by atoms with Gasteiger partial charge in [-0.05, 0) is 45.6 Å². The Balaban J connectivity index is 1.47. The predicted octanol–water partition coefficient (Wildman–Crippen LogP) is 0.827. The first-order chi connectivity index (χ1) is 9.96. The zero-order valence-corrected chi connectivity index (χ0v) is 14.2. The van der Waals surface area contributed by atoms with Gasteiger partial charge in [0.2, 0.25) is 10.0 Å². The van der Waals surface area contributed by atoms with Gasteiger partial charge in [0.15, 0.2) is 0 Å². The molecule has 2 saturated heterocycles. The minimum Gasteiger partial charge on any atom is -0.304 e. The molecule has 1 saturated carbocycles. The van der Waals surface area contributed by atoms with Gasteiger partial charge in [0.05, 0.1) is 5.25 Å². The second-order valence-corrected chi connectivity index (χ2v) is 9.41. The summed E-state index contributed by atoms with van der Waals surface area (Å²) in [5.74, 6) is 0.668. The number of nitrogens with zero attached hydrogens (tertiary/aromatic N) is 3. The van der Waals surface area contributed by atoms with Crippen LogP contribution in [-0.2, 0) is 10.0 Å².